The Hall–Kier alpha value is -1.47. The van der Waals surface area contributed by atoms with Crippen LogP contribution < -0.4 is 11.1 Å². The molecule has 6 nitrogen and oxygen atoms in total. The largest absolute Gasteiger partial charge is 0.351 e. The van der Waals surface area contributed by atoms with Gasteiger partial charge in [0.05, 0.1) is 17.2 Å². The van der Waals surface area contributed by atoms with E-state index in [1.54, 1.807) is 11.3 Å². The molecule has 0 aromatic carbocycles. The number of aryl methyl sites for hydroxylation is 2. The van der Waals surface area contributed by atoms with Crippen LogP contribution in [0.4, 0.5) is 4.79 Å². The molecule has 1 atom stereocenters. The van der Waals surface area contributed by atoms with E-state index in [1.165, 1.54) is 4.88 Å². The molecule has 0 radical (unpaired) electrons. The number of imide groups is 1. The highest BCUT2D eigenvalue weighted by Gasteiger charge is 2.28. The number of fused-ring (bicyclic) bond motifs is 1. The fraction of sp³-hybridized carbons (Fsp3) is 0.583. The van der Waals surface area contributed by atoms with E-state index in [2.05, 4.69) is 10.3 Å². The Bertz CT molecular complexity index is 500. The van der Waals surface area contributed by atoms with Crippen molar-refractivity contribution in [3.05, 3.63) is 15.6 Å². The van der Waals surface area contributed by atoms with Crippen molar-refractivity contribution >= 4 is 23.3 Å². The summed E-state index contributed by atoms with van der Waals surface area (Å²) in [4.78, 5) is 29.9. The Morgan fingerprint density at radius 2 is 2.32 bits per heavy atom. The third kappa shape index (κ3) is 3.30. The molecule has 3 N–H and O–H groups in total. The van der Waals surface area contributed by atoms with Crippen molar-refractivity contribution in [2.75, 3.05) is 13.6 Å². The van der Waals surface area contributed by atoms with Gasteiger partial charge in [0, 0.05) is 10.9 Å². The minimum absolute atomic E-state index is 0.157. The van der Waals surface area contributed by atoms with E-state index in [-0.39, 0.29) is 18.5 Å². The zero-order chi connectivity index (χ0) is 14.0. The molecule has 1 heterocycles. The maximum Gasteiger partial charge on any atom is 0.318 e. The summed E-state index contributed by atoms with van der Waals surface area (Å²) >= 11 is 1.69. The van der Waals surface area contributed by atoms with Crippen molar-refractivity contribution in [3.8, 4) is 0 Å². The van der Waals surface area contributed by atoms with Crippen molar-refractivity contribution in [2.24, 2.45) is 5.73 Å². The van der Waals surface area contributed by atoms with Gasteiger partial charge in [0.1, 0.15) is 0 Å². The van der Waals surface area contributed by atoms with Gasteiger partial charge in [-0.1, -0.05) is 0 Å². The van der Waals surface area contributed by atoms with E-state index in [4.69, 9.17) is 5.73 Å². The van der Waals surface area contributed by atoms with Crippen LogP contribution in [0.2, 0.25) is 0 Å². The van der Waals surface area contributed by atoms with Gasteiger partial charge in [0.15, 0.2) is 0 Å². The van der Waals surface area contributed by atoms with E-state index in [0.29, 0.717) is 0 Å². The molecule has 0 fully saturated rings. The van der Waals surface area contributed by atoms with Crippen molar-refractivity contribution in [1.82, 2.24) is 15.2 Å². The van der Waals surface area contributed by atoms with Gasteiger partial charge < -0.3 is 5.73 Å². The maximum absolute atomic E-state index is 11.6. The molecule has 7 heteroatoms. The lowest BCUT2D eigenvalue weighted by Gasteiger charge is -2.29. The van der Waals surface area contributed by atoms with E-state index in [1.807, 2.05) is 18.9 Å². The molecule has 1 aromatic rings. The SMILES string of the molecule is Cc1nc2c(s1)[C@H](N(C)CC(=O)NC(N)=O)CCC2. The number of amides is 3. The number of thiazole rings is 1. The molecule has 0 saturated carbocycles. The van der Waals surface area contributed by atoms with Gasteiger partial charge in [-0.25, -0.2) is 9.78 Å². The summed E-state index contributed by atoms with van der Waals surface area (Å²) in [5.41, 5.74) is 6.08. The molecule has 1 aliphatic rings. The monoisotopic (exact) mass is 282 g/mol. The Kier molecular flexibility index (Phi) is 4.16. The normalized spacial score (nSPS) is 18.2. The molecule has 0 spiro atoms. The number of carbonyl (C=O) groups is 2. The standard InChI is InChI=1S/C12H18N4O2S/c1-7-14-8-4-3-5-9(11(8)19-7)16(2)6-10(17)15-12(13)18/h9H,3-6H2,1-2H3,(H3,13,15,17,18)/t9-/m1/s1. The lowest BCUT2D eigenvalue weighted by molar-refractivity contribution is -0.121. The summed E-state index contributed by atoms with van der Waals surface area (Å²) in [6.45, 7) is 2.16. The van der Waals surface area contributed by atoms with Gasteiger partial charge in [-0.15, -0.1) is 11.3 Å². The van der Waals surface area contributed by atoms with Gasteiger partial charge in [0.25, 0.3) is 0 Å². The van der Waals surface area contributed by atoms with Crippen LogP contribution >= 0.6 is 11.3 Å². The zero-order valence-electron chi connectivity index (χ0n) is 11.1. The number of hydrogen-bond acceptors (Lipinski definition) is 5. The zero-order valence-corrected chi connectivity index (χ0v) is 11.9. The first-order valence-corrected chi connectivity index (χ1v) is 7.04. The van der Waals surface area contributed by atoms with E-state index in [9.17, 15) is 9.59 Å². The van der Waals surface area contributed by atoms with Crippen LogP contribution in [0.25, 0.3) is 0 Å². The maximum atomic E-state index is 11.6. The number of nitrogens with zero attached hydrogens (tertiary/aromatic N) is 2. The lowest BCUT2D eigenvalue weighted by Crippen LogP contribution is -2.42. The minimum Gasteiger partial charge on any atom is -0.351 e. The van der Waals surface area contributed by atoms with Crippen molar-refractivity contribution in [2.45, 2.75) is 32.2 Å². The number of nitrogens with one attached hydrogen (secondary N) is 1. The van der Waals surface area contributed by atoms with Crippen LogP contribution in [0.1, 0.15) is 34.5 Å². The molecule has 1 aromatic heterocycles. The summed E-state index contributed by atoms with van der Waals surface area (Å²) in [7, 11) is 1.88. The topological polar surface area (TPSA) is 88.3 Å². The quantitative estimate of drug-likeness (QED) is 0.864. The molecule has 0 bridgehead atoms. The number of likely N-dealkylation sites (N-methyl/N-ethyl adjacent to an activating group) is 1. The van der Waals surface area contributed by atoms with Crippen LogP contribution in [-0.4, -0.2) is 35.4 Å². The first-order valence-electron chi connectivity index (χ1n) is 6.23. The summed E-state index contributed by atoms with van der Waals surface area (Å²) in [6.07, 6.45) is 3.09. The first-order chi connectivity index (χ1) is 8.97. The number of hydrogen-bond donors (Lipinski definition) is 2. The van der Waals surface area contributed by atoms with Crippen molar-refractivity contribution < 1.29 is 9.59 Å². The second kappa shape index (κ2) is 5.66. The Balaban J connectivity index is 2.06. The molecule has 0 aliphatic heterocycles. The number of nitrogens with two attached hydrogens (primary N) is 1. The average Bonchev–Trinajstić information content (AvgIpc) is 2.67. The molecule has 1 aliphatic carbocycles. The highest BCUT2D eigenvalue weighted by Crippen LogP contribution is 2.37. The number of primary amides is 1. The van der Waals surface area contributed by atoms with Crippen LogP contribution in [-0.2, 0) is 11.2 Å². The van der Waals surface area contributed by atoms with Crippen molar-refractivity contribution in [1.29, 1.82) is 0 Å². The lowest BCUT2D eigenvalue weighted by atomic mass is 9.97. The molecule has 2 rings (SSSR count). The van der Waals surface area contributed by atoms with Gasteiger partial charge in [-0.2, -0.15) is 0 Å². The smallest absolute Gasteiger partial charge is 0.318 e. The predicted molar refractivity (Wildman–Crippen MR) is 72.9 cm³/mol. The fourth-order valence-electron chi connectivity index (χ4n) is 2.45. The van der Waals surface area contributed by atoms with Crippen molar-refractivity contribution in [3.63, 3.8) is 0 Å². The van der Waals surface area contributed by atoms with Gasteiger partial charge >= 0.3 is 6.03 Å². The molecule has 0 saturated heterocycles. The van der Waals surface area contributed by atoms with E-state index >= 15 is 0 Å². The summed E-state index contributed by atoms with van der Waals surface area (Å²) in [6, 6.07) is -0.607. The van der Waals surface area contributed by atoms with Gasteiger partial charge in [-0.05, 0) is 33.2 Å². The van der Waals surface area contributed by atoms with Crippen LogP contribution in [0, 0.1) is 6.92 Å². The second-order valence-electron chi connectivity index (χ2n) is 4.78. The first kappa shape index (κ1) is 14.0. The molecular weight excluding hydrogens is 264 g/mol. The third-order valence-electron chi connectivity index (χ3n) is 3.22. The van der Waals surface area contributed by atoms with E-state index in [0.717, 1.165) is 30.0 Å². The van der Waals surface area contributed by atoms with Gasteiger partial charge in [0.2, 0.25) is 5.91 Å². The van der Waals surface area contributed by atoms with E-state index < -0.39 is 6.03 Å². The predicted octanol–water partition coefficient (Wildman–Crippen LogP) is 0.956. The molecule has 104 valence electrons. The number of rotatable bonds is 3. The Morgan fingerprint density at radius 3 is 3.00 bits per heavy atom. The van der Waals surface area contributed by atoms with Crippen LogP contribution in [0.5, 0.6) is 0 Å². The Labute approximate surface area is 116 Å². The third-order valence-corrected chi connectivity index (χ3v) is 4.33. The molecular formula is C12H18N4O2S. The highest BCUT2D eigenvalue weighted by molar-refractivity contribution is 7.11. The second-order valence-corrected chi connectivity index (χ2v) is 6.01. The van der Waals surface area contributed by atoms with Crippen LogP contribution in [0.3, 0.4) is 0 Å². The average molecular weight is 282 g/mol. The molecule has 19 heavy (non-hydrogen) atoms. The Morgan fingerprint density at radius 1 is 1.58 bits per heavy atom. The molecule has 3 amide bonds. The highest BCUT2D eigenvalue weighted by atomic mass is 32.1. The number of urea groups is 1. The summed E-state index contributed by atoms with van der Waals surface area (Å²) in [5, 5.41) is 3.15. The summed E-state index contributed by atoms with van der Waals surface area (Å²) < 4.78 is 0. The van der Waals surface area contributed by atoms with Crippen LogP contribution in [0.15, 0.2) is 0 Å². The summed E-state index contributed by atoms with van der Waals surface area (Å²) in [5.74, 6) is -0.372. The number of aromatic nitrogens is 1. The fourth-order valence-corrected chi connectivity index (χ4v) is 3.63. The number of carbonyl (C=O) groups excluding carboxylic acids is 2. The van der Waals surface area contributed by atoms with Gasteiger partial charge in [-0.3, -0.25) is 15.0 Å². The molecule has 0 unspecified atom stereocenters. The minimum atomic E-state index is -0.809.